The number of sulfonamides is 1. The topological polar surface area (TPSA) is 78.8 Å². The van der Waals surface area contributed by atoms with Crippen LogP contribution in [-0.2, 0) is 21.4 Å². The van der Waals surface area contributed by atoms with Crippen molar-refractivity contribution in [1.82, 2.24) is 9.73 Å². The van der Waals surface area contributed by atoms with E-state index in [1.165, 1.54) is 23.9 Å². The smallest absolute Gasteiger partial charge is 0.255 e. The highest BCUT2D eigenvalue weighted by atomic mass is 79.9. The molecule has 0 heterocycles. The number of amides is 1. The van der Waals surface area contributed by atoms with Crippen molar-refractivity contribution in [2.24, 2.45) is 5.10 Å². The Morgan fingerprint density at radius 2 is 1.71 bits per heavy atom. The number of nitrogens with zero attached hydrogens (tertiary/aromatic N) is 2. The minimum Gasteiger partial charge on any atom is -0.272 e. The van der Waals surface area contributed by atoms with Crippen LogP contribution in [0.25, 0.3) is 0 Å². The number of halogens is 2. The summed E-state index contributed by atoms with van der Waals surface area (Å²) in [5.41, 5.74) is 5.03. The van der Waals surface area contributed by atoms with Crippen molar-refractivity contribution < 1.29 is 13.2 Å². The van der Waals surface area contributed by atoms with Crippen LogP contribution in [0.15, 0.2) is 87.3 Å². The molecule has 0 radical (unpaired) electrons. The van der Waals surface area contributed by atoms with Crippen LogP contribution in [0.4, 0.5) is 0 Å². The van der Waals surface area contributed by atoms with Gasteiger partial charge in [-0.05, 0) is 52.9 Å². The highest BCUT2D eigenvalue weighted by molar-refractivity contribution is 9.10. The number of hydrogen-bond acceptors (Lipinski definition) is 4. The van der Waals surface area contributed by atoms with Crippen LogP contribution in [0, 0.1) is 0 Å². The Kier molecular flexibility index (Phi) is 9.02. The highest BCUT2D eigenvalue weighted by Crippen LogP contribution is 2.23. The largest absolute Gasteiger partial charge is 0.272 e. The quantitative estimate of drug-likeness (QED) is 0.274. The third-order valence-electron chi connectivity index (χ3n) is 5.08. The lowest BCUT2D eigenvalue weighted by atomic mass is 10.0. The Labute approximate surface area is 213 Å². The minimum atomic E-state index is -3.98. The molecule has 1 N–H and O–H groups in total. The molecule has 0 spiro atoms. The van der Waals surface area contributed by atoms with Crippen LogP contribution in [0.1, 0.15) is 36.5 Å². The molecule has 3 rings (SSSR count). The lowest BCUT2D eigenvalue weighted by molar-refractivity contribution is -0.121. The average Bonchev–Trinajstić information content (AvgIpc) is 2.80. The van der Waals surface area contributed by atoms with Gasteiger partial charge in [-0.1, -0.05) is 83.8 Å². The van der Waals surface area contributed by atoms with Gasteiger partial charge in [-0.25, -0.2) is 13.8 Å². The first-order valence-corrected chi connectivity index (χ1v) is 13.2. The van der Waals surface area contributed by atoms with Gasteiger partial charge in [-0.3, -0.25) is 4.79 Å². The van der Waals surface area contributed by atoms with Crippen LogP contribution in [0.5, 0.6) is 0 Å². The van der Waals surface area contributed by atoms with Crippen molar-refractivity contribution in [3.63, 3.8) is 0 Å². The van der Waals surface area contributed by atoms with Crippen molar-refractivity contribution in [2.45, 2.75) is 31.2 Å². The molecule has 0 aliphatic carbocycles. The zero-order valence-electron chi connectivity index (χ0n) is 18.8. The fraction of sp³-hybridized carbons (Fsp3) is 0.200. The standard InChI is InChI=1S/C25H25BrClN3O3S/c1-18(2)20-9-7-19(8-10-20)15-28-29-25(31)17-30(16-21-5-3-4-6-24(21)27)34(32,33)23-13-11-22(26)12-14-23/h3-15,18H,16-17H2,1-2H3,(H,29,31)/b28-15+. The fourth-order valence-electron chi connectivity index (χ4n) is 3.14. The SMILES string of the molecule is CC(C)c1ccc(/C=N/NC(=O)CN(Cc2ccccc2Cl)S(=O)(=O)c2ccc(Br)cc2)cc1. The van der Waals surface area contributed by atoms with E-state index in [2.05, 4.69) is 40.3 Å². The van der Waals surface area contributed by atoms with E-state index in [9.17, 15) is 13.2 Å². The predicted octanol–water partition coefficient (Wildman–Crippen LogP) is 5.57. The Morgan fingerprint density at radius 3 is 2.32 bits per heavy atom. The molecule has 0 fully saturated rings. The maximum Gasteiger partial charge on any atom is 0.255 e. The summed E-state index contributed by atoms with van der Waals surface area (Å²) in [6.45, 7) is 3.74. The summed E-state index contributed by atoms with van der Waals surface area (Å²) >= 11 is 9.56. The van der Waals surface area contributed by atoms with Gasteiger partial charge in [0.05, 0.1) is 17.7 Å². The van der Waals surface area contributed by atoms with E-state index in [1.807, 2.05) is 24.3 Å². The molecule has 178 valence electrons. The molecule has 3 aromatic carbocycles. The number of carbonyl (C=O) groups is 1. The van der Waals surface area contributed by atoms with E-state index < -0.39 is 22.5 Å². The van der Waals surface area contributed by atoms with E-state index >= 15 is 0 Å². The molecule has 6 nitrogen and oxygen atoms in total. The van der Waals surface area contributed by atoms with Crippen LogP contribution < -0.4 is 5.43 Å². The molecule has 9 heteroatoms. The van der Waals surface area contributed by atoms with Gasteiger partial charge in [0.2, 0.25) is 10.0 Å². The molecule has 0 atom stereocenters. The molecular formula is C25H25BrClN3O3S. The number of hydrazone groups is 1. The van der Waals surface area contributed by atoms with Crippen LogP contribution in [0.2, 0.25) is 5.02 Å². The number of nitrogens with one attached hydrogen (secondary N) is 1. The van der Waals surface area contributed by atoms with Crippen molar-refractivity contribution in [3.05, 3.63) is 99.0 Å². The average molecular weight is 563 g/mol. The van der Waals surface area contributed by atoms with E-state index in [1.54, 1.807) is 36.4 Å². The van der Waals surface area contributed by atoms with Crippen LogP contribution >= 0.6 is 27.5 Å². The van der Waals surface area contributed by atoms with E-state index in [-0.39, 0.29) is 11.4 Å². The second kappa shape index (κ2) is 11.8. The monoisotopic (exact) mass is 561 g/mol. The zero-order chi connectivity index (χ0) is 24.7. The van der Waals surface area contributed by atoms with Crippen molar-refractivity contribution >= 4 is 49.7 Å². The van der Waals surface area contributed by atoms with Gasteiger partial charge < -0.3 is 0 Å². The zero-order valence-corrected chi connectivity index (χ0v) is 21.9. The molecule has 0 aliphatic rings. The lowest BCUT2D eigenvalue weighted by Gasteiger charge is -2.22. The third kappa shape index (κ3) is 6.99. The number of benzene rings is 3. The third-order valence-corrected chi connectivity index (χ3v) is 7.79. The number of carbonyl (C=O) groups excluding carboxylic acids is 1. The Morgan fingerprint density at radius 1 is 1.06 bits per heavy atom. The maximum absolute atomic E-state index is 13.3. The lowest BCUT2D eigenvalue weighted by Crippen LogP contribution is -2.39. The molecule has 0 saturated heterocycles. The second-order valence-corrected chi connectivity index (χ2v) is 11.2. The van der Waals surface area contributed by atoms with Crippen molar-refractivity contribution in [2.75, 3.05) is 6.54 Å². The van der Waals surface area contributed by atoms with Crippen molar-refractivity contribution in [1.29, 1.82) is 0 Å². The van der Waals surface area contributed by atoms with E-state index in [0.29, 0.717) is 16.5 Å². The summed E-state index contributed by atoms with van der Waals surface area (Å²) in [5, 5.41) is 4.40. The second-order valence-electron chi connectivity index (χ2n) is 7.93. The Balaban J connectivity index is 1.77. The molecule has 1 amide bonds. The molecule has 0 aromatic heterocycles. The predicted molar refractivity (Wildman–Crippen MR) is 139 cm³/mol. The van der Waals surface area contributed by atoms with Gasteiger partial charge in [0.25, 0.3) is 5.91 Å². The van der Waals surface area contributed by atoms with Gasteiger partial charge in [-0.15, -0.1) is 0 Å². The number of hydrogen-bond donors (Lipinski definition) is 1. The number of rotatable bonds is 9. The Hall–Kier alpha value is -2.52. The normalized spacial score (nSPS) is 11.9. The van der Waals surface area contributed by atoms with Crippen LogP contribution in [0.3, 0.4) is 0 Å². The molecule has 3 aromatic rings. The van der Waals surface area contributed by atoms with Gasteiger partial charge in [0, 0.05) is 16.0 Å². The van der Waals surface area contributed by atoms with Gasteiger partial charge >= 0.3 is 0 Å². The first kappa shape index (κ1) is 26.1. The van der Waals surface area contributed by atoms with Crippen molar-refractivity contribution in [3.8, 4) is 0 Å². The summed E-state index contributed by atoms with van der Waals surface area (Å²) in [5.74, 6) is -0.148. The van der Waals surface area contributed by atoms with Gasteiger partial charge in [0.15, 0.2) is 0 Å². The highest BCUT2D eigenvalue weighted by Gasteiger charge is 2.27. The van der Waals surface area contributed by atoms with Gasteiger partial charge in [-0.2, -0.15) is 9.41 Å². The summed E-state index contributed by atoms with van der Waals surface area (Å²) < 4.78 is 28.5. The fourth-order valence-corrected chi connectivity index (χ4v) is 4.97. The minimum absolute atomic E-state index is 0.0636. The maximum atomic E-state index is 13.3. The summed E-state index contributed by atoms with van der Waals surface area (Å²) in [6, 6.07) is 21.0. The Bertz CT molecular complexity index is 1260. The van der Waals surface area contributed by atoms with Gasteiger partial charge in [0.1, 0.15) is 0 Å². The summed E-state index contributed by atoms with van der Waals surface area (Å²) in [4.78, 5) is 12.7. The molecule has 0 saturated carbocycles. The van der Waals surface area contributed by atoms with Crippen LogP contribution in [-0.4, -0.2) is 31.4 Å². The molecular weight excluding hydrogens is 538 g/mol. The molecule has 0 unspecified atom stereocenters. The molecule has 0 bridgehead atoms. The first-order valence-electron chi connectivity index (χ1n) is 10.6. The molecule has 34 heavy (non-hydrogen) atoms. The first-order chi connectivity index (χ1) is 16.2. The van der Waals surface area contributed by atoms with E-state index in [4.69, 9.17) is 11.6 Å². The summed E-state index contributed by atoms with van der Waals surface area (Å²) in [7, 11) is -3.98. The summed E-state index contributed by atoms with van der Waals surface area (Å²) in [6.07, 6.45) is 1.52. The molecule has 0 aliphatic heterocycles. The van der Waals surface area contributed by atoms with E-state index in [0.717, 1.165) is 14.3 Å².